The maximum absolute atomic E-state index is 12.4. The number of carbonyl (C=O) groups is 2. The third kappa shape index (κ3) is 4.87. The Morgan fingerprint density at radius 2 is 1.78 bits per heavy atom. The van der Waals surface area contributed by atoms with Gasteiger partial charge in [-0.1, -0.05) is 0 Å². The molecule has 122 valence electrons. The monoisotopic (exact) mass is 326 g/mol. The molecule has 5 nitrogen and oxygen atoms in total. The molecule has 23 heavy (non-hydrogen) atoms. The van der Waals surface area contributed by atoms with Gasteiger partial charge >= 0.3 is 6.18 Å². The molecule has 2 rings (SSSR count). The second-order valence-corrected chi connectivity index (χ2v) is 4.61. The molecule has 0 bridgehead atoms. The topological polar surface area (TPSA) is 71.3 Å². The molecule has 0 unspecified atom stereocenters. The van der Waals surface area contributed by atoms with Crippen LogP contribution >= 0.6 is 0 Å². The smallest absolute Gasteiger partial charge is 0.416 e. The molecular formula is C15H13F3N2O3. The molecule has 0 fully saturated rings. The quantitative estimate of drug-likeness (QED) is 0.887. The molecule has 8 heteroatoms. The summed E-state index contributed by atoms with van der Waals surface area (Å²) in [6.45, 7) is 0.0754. The number of carbonyl (C=O) groups excluding carboxylic acids is 2. The van der Waals surface area contributed by atoms with Crippen molar-refractivity contribution >= 4 is 17.5 Å². The van der Waals surface area contributed by atoms with Crippen LogP contribution in [0.15, 0.2) is 47.1 Å². The number of hydrogen-bond donors (Lipinski definition) is 2. The molecule has 2 aromatic rings. The van der Waals surface area contributed by atoms with Crippen LogP contribution in [-0.4, -0.2) is 18.4 Å². The summed E-state index contributed by atoms with van der Waals surface area (Å²) in [5.41, 5.74) is -0.540. The summed E-state index contributed by atoms with van der Waals surface area (Å²) in [6, 6.07) is 7.15. The summed E-state index contributed by atoms with van der Waals surface area (Å²) in [7, 11) is 0. The molecule has 2 amide bonds. The lowest BCUT2D eigenvalue weighted by atomic mass is 10.2. The minimum atomic E-state index is -4.42. The summed E-state index contributed by atoms with van der Waals surface area (Å²) in [4.78, 5) is 23.2. The molecule has 0 aliphatic heterocycles. The Balaban J connectivity index is 1.77. The van der Waals surface area contributed by atoms with Gasteiger partial charge in [-0.25, -0.2) is 0 Å². The zero-order valence-electron chi connectivity index (χ0n) is 11.8. The average molecular weight is 326 g/mol. The van der Waals surface area contributed by atoms with E-state index in [0.29, 0.717) is 0 Å². The first-order valence-corrected chi connectivity index (χ1v) is 6.65. The average Bonchev–Trinajstić information content (AvgIpc) is 3.01. The van der Waals surface area contributed by atoms with Crippen LogP contribution in [0.3, 0.4) is 0 Å². The minimum absolute atomic E-state index is 0.0204. The Bertz CT molecular complexity index is 664. The highest BCUT2D eigenvalue weighted by Crippen LogP contribution is 2.29. The SMILES string of the molecule is O=C(CCNC(=O)c1ccco1)Nc1ccc(C(F)(F)F)cc1. The summed E-state index contributed by atoms with van der Waals surface area (Å²) < 4.78 is 42.1. The van der Waals surface area contributed by atoms with Crippen molar-refractivity contribution in [2.24, 2.45) is 0 Å². The molecule has 0 saturated heterocycles. The third-order valence-electron chi connectivity index (χ3n) is 2.88. The Labute approximate surface area is 129 Å². The standard InChI is InChI=1S/C15H13F3N2O3/c16-15(17,18)10-3-5-11(6-4-10)20-13(21)7-8-19-14(22)12-2-1-9-23-12/h1-6,9H,7-8H2,(H,19,22)(H,20,21). The predicted octanol–water partition coefficient (Wildman–Crippen LogP) is 3.06. The highest BCUT2D eigenvalue weighted by molar-refractivity contribution is 5.93. The first-order valence-electron chi connectivity index (χ1n) is 6.65. The number of hydrogen-bond acceptors (Lipinski definition) is 3. The number of amides is 2. The van der Waals surface area contributed by atoms with Crippen LogP contribution in [0.2, 0.25) is 0 Å². The first kappa shape index (κ1) is 16.6. The maximum Gasteiger partial charge on any atom is 0.416 e. The summed E-state index contributed by atoms with van der Waals surface area (Å²) in [5, 5.41) is 4.94. The van der Waals surface area contributed by atoms with Gasteiger partial charge in [-0.05, 0) is 36.4 Å². The zero-order valence-corrected chi connectivity index (χ0v) is 11.8. The number of anilines is 1. The third-order valence-corrected chi connectivity index (χ3v) is 2.88. The highest BCUT2D eigenvalue weighted by Gasteiger charge is 2.29. The van der Waals surface area contributed by atoms with Gasteiger partial charge in [0.15, 0.2) is 5.76 Å². The number of halogens is 3. The van der Waals surface area contributed by atoms with Gasteiger partial charge in [-0.15, -0.1) is 0 Å². The lowest BCUT2D eigenvalue weighted by Crippen LogP contribution is -2.27. The van der Waals surface area contributed by atoms with Crippen LogP contribution in [0.1, 0.15) is 22.5 Å². The second kappa shape index (κ2) is 6.99. The van der Waals surface area contributed by atoms with E-state index in [-0.39, 0.29) is 24.4 Å². The molecule has 0 saturated carbocycles. The van der Waals surface area contributed by atoms with Crippen LogP contribution in [0.4, 0.5) is 18.9 Å². The molecule has 1 heterocycles. The summed E-state index contributed by atoms with van der Waals surface area (Å²) in [5.74, 6) is -0.741. The Morgan fingerprint density at radius 1 is 1.09 bits per heavy atom. The zero-order chi connectivity index (χ0) is 16.9. The van der Waals surface area contributed by atoms with Gasteiger partial charge in [0.05, 0.1) is 11.8 Å². The van der Waals surface area contributed by atoms with Gasteiger partial charge in [-0.3, -0.25) is 9.59 Å². The van der Waals surface area contributed by atoms with Gasteiger partial charge in [0.1, 0.15) is 0 Å². The Hall–Kier alpha value is -2.77. The molecule has 0 aliphatic rings. The van der Waals surface area contributed by atoms with Crippen molar-refractivity contribution in [3.8, 4) is 0 Å². The number of benzene rings is 1. The maximum atomic E-state index is 12.4. The van der Waals surface area contributed by atoms with Crippen molar-refractivity contribution in [2.75, 3.05) is 11.9 Å². The lowest BCUT2D eigenvalue weighted by molar-refractivity contribution is -0.137. The van der Waals surface area contributed by atoms with Crippen LogP contribution < -0.4 is 10.6 Å². The van der Waals surface area contributed by atoms with Gasteiger partial charge in [0, 0.05) is 18.7 Å². The van der Waals surface area contributed by atoms with Crippen molar-refractivity contribution in [3.05, 3.63) is 54.0 Å². The van der Waals surface area contributed by atoms with Crippen molar-refractivity contribution in [1.29, 1.82) is 0 Å². The fraction of sp³-hybridized carbons (Fsp3) is 0.200. The van der Waals surface area contributed by atoms with E-state index in [2.05, 4.69) is 10.6 Å². The van der Waals surface area contributed by atoms with E-state index in [1.165, 1.54) is 24.5 Å². The largest absolute Gasteiger partial charge is 0.459 e. The lowest BCUT2D eigenvalue weighted by Gasteiger charge is -2.09. The molecule has 0 spiro atoms. The van der Waals surface area contributed by atoms with E-state index < -0.39 is 23.6 Å². The van der Waals surface area contributed by atoms with Crippen LogP contribution in [0.25, 0.3) is 0 Å². The predicted molar refractivity (Wildman–Crippen MR) is 75.7 cm³/mol. The summed E-state index contributed by atoms with van der Waals surface area (Å²) >= 11 is 0. The van der Waals surface area contributed by atoms with Crippen molar-refractivity contribution in [3.63, 3.8) is 0 Å². The molecule has 0 radical (unpaired) electrons. The molecule has 1 aromatic heterocycles. The van der Waals surface area contributed by atoms with E-state index in [9.17, 15) is 22.8 Å². The molecule has 0 aliphatic carbocycles. The van der Waals surface area contributed by atoms with Gasteiger partial charge in [0.25, 0.3) is 5.91 Å². The van der Waals surface area contributed by atoms with Crippen molar-refractivity contribution < 1.29 is 27.2 Å². The number of furan rings is 1. The summed E-state index contributed by atoms with van der Waals surface area (Å²) in [6.07, 6.45) is -3.08. The Kier molecular flexibility index (Phi) is 5.05. The van der Waals surface area contributed by atoms with Gasteiger partial charge in [-0.2, -0.15) is 13.2 Å². The van der Waals surface area contributed by atoms with Gasteiger partial charge < -0.3 is 15.1 Å². The fourth-order valence-corrected chi connectivity index (χ4v) is 1.75. The van der Waals surface area contributed by atoms with Crippen LogP contribution in [-0.2, 0) is 11.0 Å². The number of alkyl halides is 3. The van der Waals surface area contributed by atoms with Crippen LogP contribution in [0, 0.1) is 0 Å². The van der Waals surface area contributed by atoms with E-state index in [4.69, 9.17) is 4.42 Å². The minimum Gasteiger partial charge on any atom is -0.459 e. The van der Waals surface area contributed by atoms with Gasteiger partial charge in [0.2, 0.25) is 5.91 Å². The van der Waals surface area contributed by atoms with Crippen molar-refractivity contribution in [1.82, 2.24) is 5.32 Å². The highest BCUT2D eigenvalue weighted by atomic mass is 19.4. The van der Waals surface area contributed by atoms with E-state index in [0.717, 1.165) is 12.1 Å². The Morgan fingerprint density at radius 3 is 2.35 bits per heavy atom. The van der Waals surface area contributed by atoms with E-state index >= 15 is 0 Å². The van der Waals surface area contributed by atoms with Crippen molar-refractivity contribution in [2.45, 2.75) is 12.6 Å². The van der Waals surface area contributed by atoms with Crippen LogP contribution in [0.5, 0.6) is 0 Å². The molecule has 1 aromatic carbocycles. The molecule has 2 N–H and O–H groups in total. The number of rotatable bonds is 5. The second-order valence-electron chi connectivity index (χ2n) is 4.61. The first-order chi connectivity index (χ1) is 10.9. The fourth-order valence-electron chi connectivity index (χ4n) is 1.75. The van der Waals surface area contributed by atoms with E-state index in [1.807, 2.05) is 0 Å². The number of nitrogens with one attached hydrogen (secondary N) is 2. The van der Waals surface area contributed by atoms with E-state index in [1.54, 1.807) is 6.07 Å². The molecule has 0 atom stereocenters. The molecular weight excluding hydrogens is 313 g/mol. The normalized spacial score (nSPS) is 11.1.